The predicted octanol–water partition coefficient (Wildman–Crippen LogP) is 1.57. The Morgan fingerprint density at radius 1 is 1.57 bits per heavy atom. The Hall–Kier alpha value is -1.03. The lowest BCUT2D eigenvalue weighted by molar-refractivity contribution is 0.157. The minimum atomic E-state index is -0.0969. The molecule has 0 aliphatic rings. The smallest absolute Gasteiger partial charge is 0.203 e. The van der Waals surface area contributed by atoms with E-state index in [1.54, 1.807) is 7.11 Å². The molecule has 0 saturated carbocycles. The first kappa shape index (κ1) is 11.0. The molecule has 0 bridgehead atoms. The van der Waals surface area contributed by atoms with Crippen molar-refractivity contribution in [1.82, 2.24) is 9.55 Å². The second-order valence-electron chi connectivity index (χ2n) is 4.26. The standard InChI is InChI=1S/C10H19N3O/c1-8-6-13(4)9(11-8)12-10(2,3)7-14-5/h6H,7H2,1-5H3,(H,11,12). The van der Waals surface area contributed by atoms with Gasteiger partial charge in [-0.15, -0.1) is 0 Å². The molecule has 4 nitrogen and oxygen atoms in total. The van der Waals surface area contributed by atoms with Crippen LogP contribution in [0.2, 0.25) is 0 Å². The van der Waals surface area contributed by atoms with Crippen molar-refractivity contribution in [2.45, 2.75) is 26.3 Å². The van der Waals surface area contributed by atoms with E-state index in [2.05, 4.69) is 24.1 Å². The van der Waals surface area contributed by atoms with Crippen LogP contribution >= 0.6 is 0 Å². The third kappa shape index (κ3) is 2.73. The Morgan fingerprint density at radius 3 is 2.64 bits per heavy atom. The summed E-state index contributed by atoms with van der Waals surface area (Å²) in [6, 6.07) is 0. The average Bonchev–Trinajstić information content (AvgIpc) is 2.28. The zero-order chi connectivity index (χ0) is 10.8. The first-order valence-corrected chi connectivity index (χ1v) is 4.72. The number of nitrogens with one attached hydrogen (secondary N) is 1. The summed E-state index contributed by atoms with van der Waals surface area (Å²) < 4.78 is 7.10. The SMILES string of the molecule is COCC(C)(C)Nc1nc(C)cn1C. The fourth-order valence-electron chi connectivity index (χ4n) is 1.43. The summed E-state index contributed by atoms with van der Waals surface area (Å²) >= 11 is 0. The Balaban J connectivity index is 2.72. The van der Waals surface area contributed by atoms with Crippen molar-refractivity contribution in [2.24, 2.45) is 7.05 Å². The van der Waals surface area contributed by atoms with Crippen molar-refractivity contribution in [1.29, 1.82) is 0 Å². The summed E-state index contributed by atoms with van der Waals surface area (Å²) in [7, 11) is 3.68. The van der Waals surface area contributed by atoms with Gasteiger partial charge in [0.15, 0.2) is 0 Å². The average molecular weight is 197 g/mol. The van der Waals surface area contributed by atoms with Crippen molar-refractivity contribution in [3.63, 3.8) is 0 Å². The highest BCUT2D eigenvalue weighted by Crippen LogP contribution is 2.13. The highest BCUT2D eigenvalue weighted by molar-refractivity contribution is 5.31. The number of ether oxygens (including phenoxy) is 1. The van der Waals surface area contributed by atoms with Crippen molar-refractivity contribution in [3.05, 3.63) is 11.9 Å². The normalized spacial score (nSPS) is 11.8. The summed E-state index contributed by atoms with van der Waals surface area (Å²) in [4.78, 5) is 4.37. The Morgan fingerprint density at radius 2 is 2.21 bits per heavy atom. The zero-order valence-electron chi connectivity index (χ0n) is 9.59. The first-order valence-electron chi connectivity index (χ1n) is 4.72. The van der Waals surface area contributed by atoms with Crippen molar-refractivity contribution < 1.29 is 4.74 Å². The third-order valence-corrected chi connectivity index (χ3v) is 1.95. The van der Waals surface area contributed by atoms with E-state index in [0.717, 1.165) is 11.6 Å². The number of anilines is 1. The van der Waals surface area contributed by atoms with E-state index in [4.69, 9.17) is 4.74 Å². The molecule has 0 saturated heterocycles. The summed E-state index contributed by atoms with van der Waals surface area (Å²) in [5.41, 5.74) is 0.920. The molecule has 0 atom stereocenters. The van der Waals surface area contributed by atoms with Crippen LogP contribution in [0.4, 0.5) is 5.95 Å². The van der Waals surface area contributed by atoms with Gasteiger partial charge in [-0.25, -0.2) is 4.98 Å². The van der Waals surface area contributed by atoms with Crippen LogP contribution in [0.3, 0.4) is 0 Å². The Labute approximate surface area is 85.3 Å². The van der Waals surface area contributed by atoms with Gasteiger partial charge in [-0.2, -0.15) is 0 Å². The van der Waals surface area contributed by atoms with Crippen LogP contribution in [0.15, 0.2) is 6.20 Å². The van der Waals surface area contributed by atoms with E-state index < -0.39 is 0 Å². The molecule has 1 N–H and O–H groups in total. The van der Waals surface area contributed by atoms with E-state index in [0.29, 0.717) is 6.61 Å². The molecule has 1 heterocycles. The van der Waals surface area contributed by atoms with Gasteiger partial charge in [-0.05, 0) is 20.8 Å². The number of hydrogen-bond acceptors (Lipinski definition) is 3. The highest BCUT2D eigenvalue weighted by atomic mass is 16.5. The summed E-state index contributed by atoms with van der Waals surface area (Å²) in [6.07, 6.45) is 1.99. The maximum atomic E-state index is 5.13. The van der Waals surface area contributed by atoms with Crippen LogP contribution in [-0.2, 0) is 11.8 Å². The van der Waals surface area contributed by atoms with E-state index in [9.17, 15) is 0 Å². The number of hydrogen-bond donors (Lipinski definition) is 1. The molecule has 0 unspecified atom stereocenters. The second-order valence-corrected chi connectivity index (χ2v) is 4.26. The van der Waals surface area contributed by atoms with Gasteiger partial charge in [0.1, 0.15) is 0 Å². The van der Waals surface area contributed by atoms with E-state index in [1.807, 2.05) is 24.7 Å². The van der Waals surface area contributed by atoms with Gasteiger partial charge in [0.25, 0.3) is 0 Å². The maximum absolute atomic E-state index is 5.13. The largest absolute Gasteiger partial charge is 0.382 e. The molecule has 80 valence electrons. The van der Waals surface area contributed by atoms with Crippen molar-refractivity contribution in [2.75, 3.05) is 19.0 Å². The molecule has 0 amide bonds. The molecule has 0 spiro atoms. The van der Waals surface area contributed by atoms with Crippen LogP contribution in [0, 0.1) is 6.92 Å². The molecule has 4 heteroatoms. The maximum Gasteiger partial charge on any atom is 0.203 e. The summed E-state index contributed by atoms with van der Waals surface area (Å²) in [6.45, 7) is 6.80. The molecule has 0 aromatic carbocycles. The fraction of sp³-hybridized carbons (Fsp3) is 0.700. The number of nitrogens with zero attached hydrogens (tertiary/aromatic N) is 2. The molecule has 0 aliphatic heterocycles. The predicted molar refractivity (Wildman–Crippen MR) is 57.5 cm³/mol. The van der Waals surface area contributed by atoms with Gasteiger partial charge in [0.2, 0.25) is 5.95 Å². The molecule has 1 rings (SSSR count). The Bertz CT molecular complexity index is 304. The molecule has 1 aromatic heterocycles. The lowest BCUT2D eigenvalue weighted by atomic mass is 10.1. The summed E-state index contributed by atoms with van der Waals surface area (Å²) in [5, 5.41) is 3.34. The van der Waals surface area contributed by atoms with Crippen molar-refractivity contribution in [3.8, 4) is 0 Å². The molecule has 0 fully saturated rings. The third-order valence-electron chi connectivity index (χ3n) is 1.95. The molecular weight excluding hydrogens is 178 g/mol. The highest BCUT2D eigenvalue weighted by Gasteiger charge is 2.19. The van der Waals surface area contributed by atoms with Crippen LogP contribution in [0.1, 0.15) is 19.5 Å². The molecule has 14 heavy (non-hydrogen) atoms. The Kier molecular flexibility index (Phi) is 3.16. The molecule has 0 aliphatic carbocycles. The minimum absolute atomic E-state index is 0.0969. The van der Waals surface area contributed by atoms with Crippen molar-refractivity contribution >= 4 is 5.95 Å². The lowest BCUT2D eigenvalue weighted by Gasteiger charge is -2.25. The van der Waals surface area contributed by atoms with Crippen LogP contribution in [0.5, 0.6) is 0 Å². The number of imidazole rings is 1. The van der Waals surface area contributed by atoms with E-state index in [-0.39, 0.29) is 5.54 Å². The van der Waals surface area contributed by atoms with Gasteiger partial charge in [0.05, 0.1) is 17.8 Å². The van der Waals surface area contributed by atoms with Gasteiger partial charge in [0, 0.05) is 20.4 Å². The van der Waals surface area contributed by atoms with Gasteiger partial charge < -0.3 is 14.6 Å². The topological polar surface area (TPSA) is 39.1 Å². The molecule has 0 radical (unpaired) electrons. The fourth-order valence-corrected chi connectivity index (χ4v) is 1.43. The van der Waals surface area contributed by atoms with E-state index in [1.165, 1.54) is 0 Å². The number of rotatable bonds is 4. The van der Waals surface area contributed by atoms with Gasteiger partial charge in [-0.3, -0.25) is 0 Å². The molecule has 1 aromatic rings. The van der Waals surface area contributed by atoms with E-state index >= 15 is 0 Å². The van der Waals surface area contributed by atoms with Gasteiger partial charge in [-0.1, -0.05) is 0 Å². The van der Waals surface area contributed by atoms with Crippen LogP contribution in [-0.4, -0.2) is 28.8 Å². The first-order chi connectivity index (χ1) is 6.44. The zero-order valence-corrected chi connectivity index (χ0v) is 9.59. The monoisotopic (exact) mass is 197 g/mol. The minimum Gasteiger partial charge on any atom is -0.382 e. The van der Waals surface area contributed by atoms with Crippen LogP contribution < -0.4 is 5.32 Å². The van der Waals surface area contributed by atoms with Crippen LogP contribution in [0.25, 0.3) is 0 Å². The summed E-state index contributed by atoms with van der Waals surface area (Å²) in [5.74, 6) is 0.879. The lowest BCUT2D eigenvalue weighted by Crippen LogP contribution is -2.36. The molecular formula is C10H19N3O. The number of methoxy groups -OCH3 is 1. The number of aryl methyl sites for hydroxylation is 2. The quantitative estimate of drug-likeness (QED) is 0.796. The van der Waals surface area contributed by atoms with Gasteiger partial charge >= 0.3 is 0 Å². The second kappa shape index (κ2) is 4.00. The number of aromatic nitrogens is 2.